The van der Waals surface area contributed by atoms with Gasteiger partial charge in [0.05, 0.1) is 18.6 Å². The molecule has 11 nitrogen and oxygen atoms in total. The summed E-state index contributed by atoms with van der Waals surface area (Å²) in [6, 6.07) is 10.0. The fourth-order valence-electron chi connectivity index (χ4n) is 3.93. The Hall–Kier alpha value is -3.51. The SMILES string of the molecule is CN(C)S(=O)(=O)CCNC(=O)O.COc1ccc(-c2ccc3c(c2)CCC3=O)n2nc(C3CC3)nc12. The van der Waals surface area contributed by atoms with Crippen molar-refractivity contribution in [2.75, 3.05) is 33.5 Å². The Labute approximate surface area is 209 Å². The van der Waals surface area contributed by atoms with Crippen LogP contribution in [0.3, 0.4) is 0 Å². The zero-order valence-electron chi connectivity index (χ0n) is 20.4. The van der Waals surface area contributed by atoms with E-state index in [-0.39, 0.29) is 18.1 Å². The monoisotopic (exact) mass is 515 g/mol. The molecular weight excluding hydrogens is 486 g/mol. The Bertz CT molecular complexity index is 1410. The van der Waals surface area contributed by atoms with E-state index in [0.717, 1.165) is 63.2 Å². The van der Waals surface area contributed by atoms with Gasteiger partial charge in [-0.25, -0.2) is 27.0 Å². The molecule has 0 aliphatic heterocycles. The maximum Gasteiger partial charge on any atom is 0.404 e. The van der Waals surface area contributed by atoms with E-state index in [0.29, 0.717) is 12.3 Å². The molecule has 2 aliphatic rings. The van der Waals surface area contributed by atoms with Crippen molar-refractivity contribution in [3.8, 4) is 17.0 Å². The van der Waals surface area contributed by atoms with Gasteiger partial charge in [0.2, 0.25) is 10.0 Å². The second kappa shape index (κ2) is 10.2. The van der Waals surface area contributed by atoms with Crippen molar-refractivity contribution in [3.05, 3.63) is 47.3 Å². The quantitative estimate of drug-likeness (QED) is 0.489. The van der Waals surface area contributed by atoms with E-state index in [9.17, 15) is 18.0 Å². The number of carbonyl (C=O) groups is 2. The maximum atomic E-state index is 11.9. The Morgan fingerprint density at radius 3 is 2.61 bits per heavy atom. The standard InChI is InChI=1S/C19H17N3O2.C5H12N2O4S/c1-24-17-9-7-15(22-19(17)20-18(21-22)11-2-3-11)13-4-6-14-12(10-13)5-8-16(14)23;1-7(2)12(10,11)4-3-6-5(8)9/h4,6-7,9-11H,2-3,5,8H2,1H3;6H,3-4H2,1-2H3,(H,8,9). The van der Waals surface area contributed by atoms with Crippen molar-refractivity contribution < 1.29 is 27.9 Å². The molecule has 3 aromatic rings. The summed E-state index contributed by atoms with van der Waals surface area (Å²) >= 11 is 0. The zero-order chi connectivity index (χ0) is 26.0. The predicted octanol–water partition coefficient (Wildman–Crippen LogP) is 2.56. The highest BCUT2D eigenvalue weighted by Crippen LogP contribution is 2.39. The van der Waals surface area contributed by atoms with Gasteiger partial charge in [-0.3, -0.25) is 4.79 Å². The molecule has 0 spiro atoms. The topological polar surface area (TPSA) is 143 Å². The minimum Gasteiger partial charge on any atom is -0.493 e. The van der Waals surface area contributed by atoms with Crippen LogP contribution < -0.4 is 10.1 Å². The molecule has 1 aromatic carbocycles. The number of nitrogens with zero attached hydrogens (tertiary/aromatic N) is 4. The van der Waals surface area contributed by atoms with Crippen molar-refractivity contribution in [1.82, 2.24) is 24.2 Å². The van der Waals surface area contributed by atoms with Crippen LogP contribution in [-0.2, 0) is 16.4 Å². The number of carbonyl (C=O) groups excluding carboxylic acids is 1. The number of sulfonamides is 1. The fourth-order valence-corrected chi connectivity index (χ4v) is 4.66. The van der Waals surface area contributed by atoms with E-state index < -0.39 is 16.1 Å². The third-order valence-corrected chi connectivity index (χ3v) is 7.98. The minimum absolute atomic E-state index is 0.0875. The molecule has 1 saturated carbocycles. The molecular formula is C24H29N5O6S. The summed E-state index contributed by atoms with van der Waals surface area (Å²) < 4.78 is 30.4. The zero-order valence-corrected chi connectivity index (χ0v) is 21.2. The third-order valence-electron chi connectivity index (χ3n) is 6.14. The molecule has 0 radical (unpaired) electrons. The van der Waals surface area contributed by atoms with Crippen molar-refractivity contribution in [3.63, 3.8) is 0 Å². The summed E-state index contributed by atoms with van der Waals surface area (Å²) in [4.78, 5) is 26.5. The Balaban J connectivity index is 0.000000218. The molecule has 0 atom stereocenters. The lowest BCUT2D eigenvalue weighted by Crippen LogP contribution is -2.33. The third kappa shape index (κ3) is 5.49. The van der Waals surface area contributed by atoms with E-state index in [1.165, 1.54) is 14.1 Å². The lowest BCUT2D eigenvalue weighted by Gasteiger charge is -2.10. The molecule has 0 saturated heterocycles. The van der Waals surface area contributed by atoms with Crippen molar-refractivity contribution in [1.29, 1.82) is 0 Å². The molecule has 2 N–H and O–H groups in total. The summed E-state index contributed by atoms with van der Waals surface area (Å²) in [7, 11) is 1.17. The highest BCUT2D eigenvalue weighted by molar-refractivity contribution is 7.89. The van der Waals surface area contributed by atoms with Crippen LogP contribution in [0.5, 0.6) is 5.75 Å². The molecule has 1 amide bonds. The number of aromatic nitrogens is 3. The number of hydrogen-bond donors (Lipinski definition) is 2. The predicted molar refractivity (Wildman–Crippen MR) is 133 cm³/mol. The summed E-state index contributed by atoms with van der Waals surface area (Å²) in [5.41, 5.74) is 4.79. The van der Waals surface area contributed by atoms with Gasteiger partial charge in [-0.2, -0.15) is 5.10 Å². The van der Waals surface area contributed by atoms with Crippen LogP contribution in [0.1, 0.15) is 46.9 Å². The summed E-state index contributed by atoms with van der Waals surface area (Å²) in [5.74, 6) is 2.15. The molecule has 12 heteroatoms. The first kappa shape index (κ1) is 25.6. The van der Waals surface area contributed by atoms with Crippen LogP contribution in [0.15, 0.2) is 30.3 Å². The van der Waals surface area contributed by atoms with E-state index in [1.54, 1.807) is 7.11 Å². The highest BCUT2D eigenvalue weighted by Gasteiger charge is 2.29. The molecule has 2 heterocycles. The second-order valence-corrected chi connectivity index (χ2v) is 11.2. The number of aryl methyl sites for hydroxylation is 1. The van der Waals surface area contributed by atoms with Gasteiger partial charge < -0.3 is 15.2 Å². The Morgan fingerprint density at radius 1 is 1.22 bits per heavy atom. The van der Waals surface area contributed by atoms with Gasteiger partial charge in [-0.15, -0.1) is 0 Å². The number of rotatable bonds is 7. The molecule has 2 aromatic heterocycles. The first-order valence-electron chi connectivity index (χ1n) is 11.6. The van der Waals surface area contributed by atoms with Crippen molar-refractivity contribution in [2.45, 2.75) is 31.6 Å². The average molecular weight is 516 g/mol. The maximum absolute atomic E-state index is 11.9. The van der Waals surface area contributed by atoms with Crippen molar-refractivity contribution >= 4 is 27.5 Å². The summed E-state index contributed by atoms with van der Waals surface area (Å²) in [5, 5.41) is 14.8. The molecule has 2 aliphatic carbocycles. The number of methoxy groups -OCH3 is 1. The minimum atomic E-state index is -3.29. The second-order valence-electron chi connectivity index (χ2n) is 8.89. The van der Waals surface area contributed by atoms with Crippen LogP contribution in [-0.4, -0.2) is 77.8 Å². The van der Waals surface area contributed by atoms with E-state index in [2.05, 4.69) is 11.1 Å². The largest absolute Gasteiger partial charge is 0.493 e. The van der Waals surface area contributed by atoms with Gasteiger partial charge in [0, 0.05) is 44.1 Å². The number of fused-ring (bicyclic) bond motifs is 2. The molecule has 0 bridgehead atoms. The van der Waals surface area contributed by atoms with Crippen LogP contribution in [0.4, 0.5) is 4.79 Å². The number of ketones is 1. The molecule has 36 heavy (non-hydrogen) atoms. The van der Waals surface area contributed by atoms with Gasteiger partial charge in [0.15, 0.2) is 23.0 Å². The molecule has 192 valence electrons. The Morgan fingerprint density at radius 2 is 1.97 bits per heavy atom. The normalized spacial score (nSPS) is 14.9. The first-order chi connectivity index (χ1) is 17.1. The van der Waals surface area contributed by atoms with E-state index in [4.69, 9.17) is 14.9 Å². The number of carboxylic acid groups (broad SMARTS) is 1. The van der Waals surface area contributed by atoms with Gasteiger partial charge >= 0.3 is 6.09 Å². The number of ether oxygens (including phenoxy) is 1. The number of hydrogen-bond acceptors (Lipinski definition) is 7. The number of benzene rings is 1. The fraction of sp³-hybridized carbons (Fsp3) is 0.417. The summed E-state index contributed by atoms with van der Waals surface area (Å²) in [6.07, 6.45) is 2.55. The summed E-state index contributed by atoms with van der Waals surface area (Å²) in [6.45, 7) is -0.0875. The number of pyridine rings is 1. The lowest BCUT2D eigenvalue weighted by molar-refractivity contribution is 0.0994. The Kier molecular flexibility index (Phi) is 7.27. The number of amides is 1. The van der Waals surface area contributed by atoms with Crippen LogP contribution in [0, 0.1) is 0 Å². The van der Waals surface area contributed by atoms with E-state index in [1.807, 2.05) is 34.1 Å². The van der Waals surface area contributed by atoms with Gasteiger partial charge in [0.25, 0.3) is 0 Å². The molecule has 0 unspecified atom stereocenters. The molecule has 5 rings (SSSR count). The number of nitrogens with one attached hydrogen (secondary N) is 1. The van der Waals surface area contributed by atoms with Gasteiger partial charge in [0.1, 0.15) is 0 Å². The number of Topliss-reactive ketones (excluding diaryl/α,β-unsaturated/α-hetero) is 1. The average Bonchev–Trinajstić information content (AvgIpc) is 3.49. The van der Waals surface area contributed by atoms with Crippen LogP contribution in [0.2, 0.25) is 0 Å². The molecule has 1 fully saturated rings. The van der Waals surface area contributed by atoms with Gasteiger partial charge in [-0.05, 0) is 43.0 Å². The van der Waals surface area contributed by atoms with Crippen LogP contribution >= 0.6 is 0 Å². The van der Waals surface area contributed by atoms with E-state index >= 15 is 0 Å². The smallest absolute Gasteiger partial charge is 0.404 e. The van der Waals surface area contributed by atoms with Gasteiger partial charge in [-0.1, -0.05) is 12.1 Å². The van der Waals surface area contributed by atoms with Crippen molar-refractivity contribution in [2.24, 2.45) is 0 Å². The lowest BCUT2D eigenvalue weighted by atomic mass is 10.0. The first-order valence-corrected chi connectivity index (χ1v) is 13.2. The highest BCUT2D eigenvalue weighted by atomic mass is 32.2. The van der Waals surface area contributed by atoms with Crippen LogP contribution in [0.25, 0.3) is 16.9 Å².